The molecule has 3 nitrogen and oxygen atoms in total. The lowest BCUT2D eigenvalue weighted by Gasteiger charge is -2.08. The second kappa shape index (κ2) is 5.89. The second-order valence-electron chi connectivity index (χ2n) is 5.69. The summed E-state index contributed by atoms with van der Waals surface area (Å²) < 4.78 is 0.868. The number of nitrogens with zero attached hydrogens (tertiary/aromatic N) is 1. The van der Waals surface area contributed by atoms with Crippen LogP contribution in [-0.2, 0) is 0 Å². The number of halogens is 1. The topological polar surface area (TPSA) is 52.8 Å². The molecule has 4 heteroatoms. The summed E-state index contributed by atoms with van der Waals surface area (Å²) in [6.07, 6.45) is 0.937. The van der Waals surface area contributed by atoms with E-state index in [0.29, 0.717) is 11.3 Å². The van der Waals surface area contributed by atoms with Crippen molar-refractivity contribution in [3.63, 3.8) is 0 Å². The molecule has 0 radical (unpaired) electrons. The molecule has 0 amide bonds. The molecule has 1 atom stereocenters. The van der Waals surface area contributed by atoms with Gasteiger partial charge in [-0.15, -0.1) is 0 Å². The van der Waals surface area contributed by atoms with Gasteiger partial charge in [-0.3, -0.25) is 4.99 Å². The number of aromatic hydroxyl groups is 1. The number of phenols is 1. The van der Waals surface area contributed by atoms with Gasteiger partial charge in [-0.05, 0) is 41.0 Å². The maximum atomic E-state index is 10.7. The van der Waals surface area contributed by atoms with E-state index in [9.17, 15) is 10.2 Å². The monoisotopic (exact) mass is 379 g/mol. The number of aliphatic hydroxyl groups excluding tert-OH is 1. The molecule has 1 unspecified atom stereocenters. The lowest BCUT2D eigenvalue weighted by molar-refractivity contribution is 0.226. The summed E-state index contributed by atoms with van der Waals surface area (Å²) in [5.74, 6) is 0.165. The van der Waals surface area contributed by atoms with Crippen molar-refractivity contribution in [2.24, 2.45) is 4.99 Å². The van der Waals surface area contributed by atoms with E-state index in [0.717, 1.165) is 26.7 Å². The number of aliphatic imine (C=N–C) groups is 1. The van der Waals surface area contributed by atoms with Gasteiger partial charge in [0.15, 0.2) is 0 Å². The minimum absolute atomic E-state index is 0.165. The Labute approximate surface area is 148 Å². The summed E-state index contributed by atoms with van der Waals surface area (Å²) in [6.45, 7) is 0. The minimum atomic E-state index is -0.680. The molecular weight excluding hydrogens is 366 g/mol. The molecule has 0 saturated heterocycles. The number of phenolic OH excluding ortho intramolecular Hbond substituents is 1. The first-order valence-electron chi connectivity index (χ1n) is 7.58. The summed E-state index contributed by atoms with van der Waals surface area (Å²) in [4.78, 5) is 4.52. The first-order chi connectivity index (χ1) is 11.6. The van der Waals surface area contributed by atoms with Gasteiger partial charge in [0.2, 0.25) is 0 Å². The van der Waals surface area contributed by atoms with E-state index in [-0.39, 0.29) is 5.75 Å². The lowest BCUT2D eigenvalue weighted by Crippen LogP contribution is -1.94. The second-order valence-corrected chi connectivity index (χ2v) is 6.61. The van der Waals surface area contributed by atoms with E-state index in [1.54, 1.807) is 24.4 Å². The van der Waals surface area contributed by atoms with Crippen molar-refractivity contribution in [1.29, 1.82) is 0 Å². The number of benzene rings is 3. The Kier molecular flexibility index (Phi) is 3.71. The zero-order valence-electron chi connectivity index (χ0n) is 12.6. The fraction of sp³-hybridized carbons (Fsp3) is 0.0500. The van der Waals surface area contributed by atoms with Crippen molar-refractivity contribution in [3.05, 3.63) is 81.8 Å². The normalized spacial score (nSPS) is 15.5. The van der Waals surface area contributed by atoms with E-state index in [4.69, 9.17) is 0 Å². The average Bonchev–Trinajstić information content (AvgIpc) is 2.90. The van der Waals surface area contributed by atoms with Crippen LogP contribution in [-0.4, -0.2) is 16.4 Å². The third-order valence-corrected chi connectivity index (χ3v) is 4.73. The fourth-order valence-corrected chi connectivity index (χ4v) is 3.47. The molecule has 0 heterocycles. The molecule has 0 saturated carbocycles. The Balaban J connectivity index is 1.80. The van der Waals surface area contributed by atoms with E-state index in [2.05, 4.69) is 20.9 Å². The first-order valence-corrected chi connectivity index (χ1v) is 8.37. The van der Waals surface area contributed by atoms with Crippen LogP contribution in [0.4, 0.5) is 5.69 Å². The van der Waals surface area contributed by atoms with Crippen LogP contribution in [0.2, 0.25) is 0 Å². The van der Waals surface area contributed by atoms with Crippen LogP contribution in [0, 0.1) is 0 Å². The van der Waals surface area contributed by atoms with E-state index in [1.165, 1.54) is 0 Å². The molecule has 3 aromatic rings. The standard InChI is InChI=1S/C20H14BrNO2/c21-13-8-9-18(23)12(10-13)11-22-17-7-3-6-15-14-4-1-2-5-16(14)20(24)19(15)17/h1-11,20,23-24H. The molecule has 1 aliphatic rings. The van der Waals surface area contributed by atoms with Gasteiger partial charge in [-0.2, -0.15) is 0 Å². The van der Waals surface area contributed by atoms with Crippen molar-refractivity contribution in [1.82, 2.24) is 0 Å². The molecule has 0 aromatic heterocycles. The highest BCUT2D eigenvalue weighted by atomic mass is 79.9. The molecule has 0 fully saturated rings. The predicted octanol–water partition coefficient (Wildman–Crippen LogP) is 4.97. The van der Waals surface area contributed by atoms with Gasteiger partial charge in [0.05, 0.1) is 5.69 Å². The molecule has 4 rings (SSSR count). The van der Waals surface area contributed by atoms with E-state index in [1.807, 2.05) is 42.5 Å². The summed E-state index contributed by atoms with van der Waals surface area (Å²) >= 11 is 3.39. The average molecular weight is 380 g/mol. The Bertz CT molecular complexity index is 966. The molecule has 1 aliphatic carbocycles. The molecule has 118 valence electrons. The third kappa shape index (κ3) is 2.44. The van der Waals surface area contributed by atoms with Crippen LogP contribution in [0.15, 0.2) is 70.1 Å². The summed E-state index contributed by atoms with van der Waals surface area (Å²) in [7, 11) is 0. The maximum Gasteiger partial charge on any atom is 0.124 e. The molecule has 2 N–H and O–H groups in total. The third-order valence-electron chi connectivity index (χ3n) is 4.23. The van der Waals surface area contributed by atoms with Crippen LogP contribution in [0.25, 0.3) is 11.1 Å². The van der Waals surface area contributed by atoms with Gasteiger partial charge < -0.3 is 10.2 Å². The van der Waals surface area contributed by atoms with Crippen LogP contribution in [0.5, 0.6) is 5.75 Å². The van der Waals surface area contributed by atoms with Gasteiger partial charge >= 0.3 is 0 Å². The molecule has 0 aliphatic heterocycles. The number of hydrogen-bond donors (Lipinski definition) is 2. The Hall–Kier alpha value is -2.43. The number of rotatable bonds is 2. The van der Waals surface area contributed by atoms with Crippen LogP contribution in [0.1, 0.15) is 22.8 Å². The van der Waals surface area contributed by atoms with E-state index >= 15 is 0 Å². The fourth-order valence-electron chi connectivity index (χ4n) is 3.09. The van der Waals surface area contributed by atoms with Gasteiger partial charge in [0.25, 0.3) is 0 Å². The van der Waals surface area contributed by atoms with Crippen LogP contribution in [0.3, 0.4) is 0 Å². The van der Waals surface area contributed by atoms with Crippen molar-refractivity contribution in [3.8, 4) is 16.9 Å². The zero-order chi connectivity index (χ0) is 16.7. The summed E-state index contributed by atoms with van der Waals surface area (Å²) in [5.41, 5.74) is 5.08. The quantitative estimate of drug-likeness (QED) is 0.617. The summed E-state index contributed by atoms with van der Waals surface area (Å²) in [5, 5.41) is 20.6. The van der Waals surface area contributed by atoms with Gasteiger partial charge in [0, 0.05) is 21.8 Å². The minimum Gasteiger partial charge on any atom is -0.507 e. The highest BCUT2D eigenvalue weighted by Gasteiger charge is 2.28. The highest BCUT2D eigenvalue weighted by molar-refractivity contribution is 9.10. The SMILES string of the molecule is Oc1ccc(Br)cc1C=Nc1cccc2c1C(O)c1ccccc1-2. The molecule has 3 aromatic carbocycles. The molecule has 24 heavy (non-hydrogen) atoms. The summed E-state index contributed by atoms with van der Waals surface area (Å²) in [6, 6.07) is 18.8. The molecule has 0 spiro atoms. The van der Waals surface area contributed by atoms with Crippen LogP contribution < -0.4 is 0 Å². The Morgan fingerprint density at radius 2 is 1.75 bits per heavy atom. The number of hydrogen-bond acceptors (Lipinski definition) is 3. The van der Waals surface area contributed by atoms with Gasteiger partial charge in [-0.1, -0.05) is 52.3 Å². The molecule has 0 bridgehead atoms. The predicted molar refractivity (Wildman–Crippen MR) is 99.0 cm³/mol. The smallest absolute Gasteiger partial charge is 0.124 e. The van der Waals surface area contributed by atoms with Crippen molar-refractivity contribution >= 4 is 27.8 Å². The van der Waals surface area contributed by atoms with Gasteiger partial charge in [0.1, 0.15) is 11.9 Å². The largest absolute Gasteiger partial charge is 0.507 e. The van der Waals surface area contributed by atoms with Crippen molar-refractivity contribution < 1.29 is 10.2 Å². The van der Waals surface area contributed by atoms with Crippen LogP contribution >= 0.6 is 15.9 Å². The van der Waals surface area contributed by atoms with Gasteiger partial charge in [-0.25, -0.2) is 0 Å². The van der Waals surface area contributed by atoms with Crippen molar-refractivity contribution in [2.45, 2.75) is 6.10 Å². The molecular formula is C20H14BrNO2. The first kappa shape index (κ1) is 15.1. The Morgan fingerprint density at radius 3 is 2.62 bits per heavy atom. The zero-order valence-corrected chi connectivity index (χ0v) is 14.2. The lowest BCUT2D eigenvalue weighted by atomic mass is 10.0. The number of fused-ring (bicyclic) bond motifs is 3. The Morgan fingerprint density at radius 1 is 0.958 bits per heavy atom. The number of aliphatic hydroxyl groups is 1. The maximum absolute atomic E-state index is 10.7. The highest BCUT2D eigenvalue weighted by Crippen LogP contribution is 2.47. The van der Waals surface area contributed by atoms with E-state index < -0.39 is 6.10 Å². The van der Waals surface area contributed by atoms with Crippen molar-refractivity contribution in [2.75, 3.05) is 0 Å².